The third kappa shape index (κ3) is 5.69. The molecular formula is C14H19F2NO4S. The van der Waals surface area contributed by atoms with E-state index >= 15 is 0 Å². The lowest BCUT2D eigenvalue weighted by molar-refractivity contribution is -0.117. The molecule has 1 aromatic rings. The predicted octanol–water partition coefficient (Wildman–Crippen LogP) is 2.68. The van der Waals surface area contributed by atoms with E-state index in [2.05, 4.69) is 5.32 Å². The molecule has 22 heavy (non-hydrogen) atoms. The molecule has 1 rings (SSSR count). The number of sulfone groups is 1. The van der Waals surface area contributed by atoms with Gasteiger partial charge in [-0.15, -0.1) is 0 Å². The van der Waals surface area contributed by atoms with Gasteiger partial charge in [-0.3, -0.25) is 4.79 Å². The summed E-state index contributed by atoms with van der Waals surface area (Å²) in [4.78, 5) is 11.1. The summed E-state index contributed by atoms with van der Waals surface area (Å²) in [6, 6.07) is 4.60. The van der Waals surface area contributed by atoms with E-state index in [1.807, 2.05) is 13.8 Å². The van der Waals surface area contributed by atoms with Crippen molar-refractivity contribution in [2.45, 2.75) is 30.9 Å². The van der Waals surface area contributed by atoms with E-state index in [1.165, 1.54) is 12.1 Å². The van der Waals surface area contributed by atoms with Crippen molar-refractivity contribution in [1.82, 2.24) is 0 Å². The van der Waals surface area contributed by atoms with Crippen LogP contribution >= 0.6 is 0 Å². The molecule has 5 nitrogen and oxygen atoms in total. The third-order valence-corrected chi connectivity index (χ3v) is 4.02. The second kappa shape index (κ2) is 8.19. The molecule has 0 spiro atoms. The van der Waals surface area contributed by atoms with E-state index in [-0.39, 0.29) is 18.9 Å². The Morgan fingerprint density at radius 2 is 1.82 bits per heavy atom. The highest BCUT2D eigenvalue weighted by molar-refractivity contribution is 7.91. The first-order chi connectivity index (χ1) is 10.2. The lowest BCUT2D eigenvalue weighted by Crippen LogP contribution is -2.15. The van der Waals surface area contributed by atoms with Gasteiger partial charge in [-0.1, -0.05) is 13.8 Å². The quantitative estimate of drug-likeness (QED) is 0.741. The Balaban J connectivity index is 2.53. The normalized spacial score (nSPS) is 11.9. The number of hydrogen-bond donors (Lipinski definition) is 1. The fourth-order valence-electron chi connectivity index (χ4n) is 1.54. The lowest BCUT2D eigenvalue weighted by atomic mass is 10.2. The molecule has 0 aliphatic heterocycles. The number of benzene rings is 1. The first-order valence-corrected chi connectivity index (χ1v) is 8.28. The number of carbonyl (C=O) groups excluding carboxylic acids is 1. The highest BCUT2D eigenvalue weighted by atomic mass is 32.2. The molecular weight excluding hydrogens is 316 g/mol. The molecule has 0 radical (unpaired) electrons. The van der Waals surface area contributed by atoms with Crippen LogP contribution < -0.4 is 5.32 Å². The summed E-state index contributed by atoms with van der Waals surface area (Å²) in [6.07, 6.45) is 0.157. The molecule has 0 saturated heterocycles. The van der Waals surface area contributed by atoms with Crippen molar-refractivity contribution in [3.8, 4) is 0 Å². The first-order valence-electron chi connectivity index (χ1n) is 6.73. The second-order valence-corrected chi connectivity index (χ2v) is 7.01. The average Bonchev–Trinajstić information content (AvgIpc) is 2.44. The lowest BCUT2D eigenvalue weighted by Gasteiger charge is -2.08. The molecule has 0 atom stereocenters. The number of nitrogens with one attached hydrogen (secondary N) is 1. The van der Waals surface area contributed by atoms with Gasteiger partial charge in [-0.2, -0.15) is 8.78 Å². The molecule has 1 amide bonds. The summed E-state index contributed by atoms with van der Waals surface area (Å²) in [5.41, 5.74) is 0.335. The Bertz CT molecular complexity index is 585. The molecule has 0 aliphatic rings. The molecule has 0 aliphatic carbocycles. The van der Waals surface area contributed by atoms with Gasteiger partial charge in [0.15, 0.2) is 0 Å². The molecule has 0 saturated carbocycles. The molecule has 1 aromatic carbocycles. The standard InChI is InChI=1S/C14H19F2NO4S/c1-10(2)9-21-8-7-13(18)17-11-3-5-12(6-4-11)22(19,20)14(15)16/h3-6,10,14H,7-9H2,1-2H3,(H,17,18). The summed E-state index contributed by atoms with van der Waals surface area (Å²) >= 11 is 0. The van der Waals surface area contributed by atoms with Crippen molar-refractivity contribution < 1.29 is 26.7 Å². The van der Waals surface area contributed by atoms with Crippen LogP contribution in [0.2, 0.25) is 0 Å². The Morgan fingerprint density at radius 3 is 2.32 bits per heavy atom. The van der Waals surface area contributed by atoms with Gasteiger partial charge in [0.1, 0.15) is 0 Å². The van der Waals surface area contributed by atoms with E-state index in [1.54, 1.807) is 0 Å². The molecule has 1 N–H and O–H groups in total. The molecule has 0 aromatic heterocycles. The van der Waals surface area contributed by atoms with Crippen molar-refractivity contribution >= 4 is 21.4 Å². The van der Waals surface area contributed by atoms with E-state index in [4.69, 9.17) is 4.74 Å². The highest BCUT2D eigenvalue weighted by Gasteiger charge is 2.26. The van der Waals surface area contributed by atoms with Crippen LogP contribution in [0.15, 0.2) is 29.2 Å². The van der Waals surface area contributed by atoms with Gasteiger partial charge in [0.2, 0.25) is 15.7 Å². The number of anilines is 1. The molecule has 0 heterocycles. The first kappa shape index (κ1) is 18.5. The zero-order valence-corrected chi connectivity index (χ0v) is 13.2. The molecule has 8 heteroatoms. The summed E-state index contributed by atoms with van der Waals surface area (Å²) in [5, 5.41) is 2.54. The van der Waals surface area contributed by atoms with Crippen LogP contribution in [0.4, 0.5) is 14.5 Å². The smallest absolute Gasteiger partial charge is 0.341 e. The van der Waals surface area contributed by atoms with Crippen LogP contribution in [0.3, 0.4) is 0 Å². The van der Waals surface area contributed by atoms with Gasteiger partial charge in [0, 0.05) is 12.3 Å². The molecule has 124 valence electrons. The fourth-order valence-corrected chi connectivity index (χ4v) is 2.26. The van der Waals surface area contributed by atoms with Gasteiger partial charge in [0.25, 0.3) is 0 Å². The van der Waals surface area contributed by atoms with Crippen molar-refractivity contribution in [3.63, 3.8) is 0 Å². The van der Waals surface area contributed by atoms with E-state index in [9.17, 15) is 22.0 Å². The van der Waals surface area contributed by atoms with E-state index in [0.29, 0.717) is 18.2 Å². The van der Waals surface area contributed by atoms with Gasteiger partial charge >= 0.3 is 5.76 Å². The number of amides is 1. The number of alkyl halides is 2. The van der Waals surface area contributed by atoms with Crippen LogP contribution in [0.1, 0.15) is 20.3 Å². The highest BCUT2D eigenvalue weighted by Crippen LogP contribution is 2.20. The van der Waals surface area contributed by atoms with Crippen molar-refractivity contribution in [2.75, 3.05) is 18.5 Å². The summed E-state index contributed by atoms with van der Waals surface area (Å²) in [5.74, 6) is -3.38. The SMILES string of the molecule is CC(C)COCCC(=O)Nc1ccc(S(=O)(=O)C(F)F)cc1. The summed E-state index contributed by atoms with van der Waals surface area (Å²) in [6.45, 7) is 4.83. The van der Waals surface area contributed by atoms with Crippen molar-refractivity contribution in [2.24, 2.45) is 5.92 Å². The van der Waals surface area contributed by atoms with Crippen LogP contribution in [0.5, 0.6) is 0 Å². The Kier molecular flexibility index (Phi) is 6.89. The monoisotopic (exact) mass is 335 g/mol. The summed E-state index contributed by atoms with van der Waals surface area (Å²) < 4.78 is 52.5. The Hall–Kier alpha value is -1.54. The van der Waals surface area contributed by atoms with Crippen molar-refractivity contribution in [3.05, 3.63) is 24.3 Å². The minimum atomic E-state index is -4.61. The number of ether oxygens (including phenoxy) is 1. The molecule has 0 unspecified atom stereocenters. The van der Waals surface area contributed by atoms with E-state index in [0.717, 1.165) is 12.1 Å². The molecule has 0 bridgehead atoms. The minimum Gasteiger partial charge on any atom is -0.381 e. The topological polar surface area (TPSA) is 72.5 Å². The Morgan fingerprint density at radius 1 is 1.23 bits per heavy atom. The number of hydrogen-bond acceptors (Lipinski definition) is 4. The van der Waals surface area contributed by atoms with Gasteiger partial charge in [-0.05, 0) is 30.2 Å². The van der Waals surface area contributed by atoms with Crippen LogP contribution in [-0.4, -0.2) is 33.3 Å². The van der Waals surface area contributed by atoms with Crippen LogP contribution in [0.25, 0.3) is 0 Å². The predicted molar refractivity (Wildman–Crippen MR) is 78.5 cm³/mol. The number of rotatable bonds is 8. The maximum Gasteiger partial charge on any atom is 0.341 e. The fraction of sp³-hybridized carbons (Fsp3) is 0.500. The number of carbonyl (C=O) groups is 1. The minimum absolute atomic E-state index is 0.157. The molecule has 0 fully saturated rings. The second-order valence-electron chi connectivity index (χ2n) is 5.10. The Labute approximate surface area is 128 Å². The van der Waals surface area contributed by atoms with E-state index < -0.39 is 20.5 Å². The zero-order valence-electron chi connectivity index (χ0n) is 12.4. The number of halogens is 2. The largest absolute Gasteiger partial charge is 0.381 e. The average molecular weight is 335 g/mol. The summed E-state index contributed by atoms with van der Waals surface area (Å²) in [7, 11) is -4.61. The third-order valence-electron chi connectivity index (χ3n) is 2.63. The van der Waals surface area contributed by atoms with Gasteiger partial charge in [-0.25, -0.2) is 8.42 Å². The zero-order chi connectivity index (χ0) is 16.8. The van der Waals surface area contributed by atoms with Gasteiger partial charge < -0.3 is 10.1 Å². The maximum atomic E-state index is 12.4. The van der Waals surface area contributed by atoms with Crippen LogP contribution in [0, 0.1) is 5.92 Å². The van der Waals surface area contributed by atoms with Crippen LogP contribution in [-0.2, 0) is 19.4 Å². The van der Waals surface area contributed by atoms with Gasteiger partial charge in [0.05, 0.1) is 17.9 Å². The maximum absolute atomic E-state index is 12.4. The van der Waals surface area contributed by atoms with Crippen molar-refractivity contribution in [1.29, 1.82) is 0 Å².